The largest absolute Gasteiger partial charge is 0.298 e. The van der Waals surface area contributed by atoms with Crippen molar-refractivity contribution in [1.29, 1.82) is 0 Å². The lowest BCUT2D eigenvalue weighted by Gasteiger charge is -2.09. The van der Waals surface area contributed by atoms with Gasteiger partial charge in [0.05, 0.1) is 4.83 Å². The molecule has 0 aliphatic rings. The first-order valence-electron chi connectivity index (χ1n) is 4.36. The van der Waals surface area contributed by atoms with Gasteiger partial charge in [-0.05, 0) is 30.5 Å². The Bertz CT molecular complexity index is 349. The molecule has 0 aliphatic carbocycles. The molecule has 0 radical (unpaired) electrons. The molecule has 0 spiro atoms. The molecule has 3 heteroatoms. The molecule has 0 N–H and O–H groups in total. The number of rotatable bonds is 3. The SMILES string of the molecule is CC(=O)C(Br)c1ccc(CCl)c(C)c1. The number of alkyl halides is 2. The maximum absolute atomic E-state index is 11.1. The Morgan fingerprint density at radius 1 is 1.57 bits per heavy atom. The molecule has 1 nitrogen and oxygen atoms in total. The third kappa shape index (κ3) is 2.58. The van der Waals surface area contributed by atoms with Gasteiger partial charge in [-0.2, -0.15) is 0 Å². The maximum Gasteiger partial charge on any atom is 0.147 e. The van der Waals surface area contributed by atoms with E-state index in [2.05, 4.69) is 15.9 Å². The maximum atomic E-state index is 11.1. The Morgan fingerprint density at radius 2 is 2.21 bits per heavy atom. The molecule has 0 aromatic heterocycles. The van der Waals surface area contributed by atoms with E-state index in [0.29, 0.717) is 5.88 Å². The van der Waals surface area contributed by atoms with Crippen molar-refractivity contribution in [2.24, 2.45) is 0 Å². The van der Waals surface area contributed by atoms with Crippen LogP contribution in [0.1, 0.15) is 28.4 Å². The van der Waals surface area contributed by atoms with E-state index < -0.39 is 0 Å². The van der Waals surface area contributed by atoms with Crippen molar-refractivity contribution in [3.8, 4) is 0 Å². The number of ketones is 1. The fourth-order valence-electron chi connectivity index (χ4n) is 1.26. The Balaban J connectivity index is 3.02. The van der Waals surface area contributed by atoms with Gasteiger partial charge in [0.25, 0.3) is 0 Å². The van der Waals surface area contributed by atoms with Gasteiger partial charge in [-0.15, -0.1) is 11.6 Å². The molecular formula is C11H12BrClO. The molecular weight excluding hydrogens is 263 g/mol. The van der Waals surface area contributed by atoms with Gasteiger partial charge in [-0.25, -0.2) is 0 Å². The second-order valence-electron chi connectivity index (χ2n) is 3.29. The zero-order valence-corrected chi connectivity index (χ0v) is 10.5. The molecule has 1 atom stereocenters. The van der Waals surface area contributed by atoms with E-state index in [1.807, 2.05) is 25.1 Å². The Hall–Kier alpha value is -0.340. The van der Waals surface area contributed by atoms with Crippen LogP contribution in [0.5, 0.6) is 0 Å². The lowest BCUT2D eigenvalue weighted by Crippen LogP contribution is -2.01. The van der Waals surface area contributed by atoms with Gasteiger partial charge in [0, 0.05) is 5.88 Å². The van der Waals surface area contributed by atoms with Gasteiger partial charge >= 0.3 is 0 Å². The number of hydrogen-bond donors (Lipinski definition) is 0. The first-order chi connectivity index (χ1) is 6.56. The summed E-state index contributed by atoms with van der Waals surface area (Å²) in [5.41, 5.74) is 3.23. The van der Waals surface area contributed by atoms with Crippen LogP contribution in [0, 0.1) is 6.92 Å². The number of Topliss-reactive ketones (excluding diaryl/α,β-unsaturated/α-hetero) is 1. The molecule has 0 fully saturated rings. The zero-order valence-electron chi connectivity index (χ0n) is 8.18. The molecule has 1 rings (SSSR count). The fourth-order valence-corrected chi connectivity index (χ4v) is 1.85. The number of carbonyl (C=O) groups excluding carboxylic acids is 1. The normalized spacial score (nSPS) is 12.6. The van der Waals surface area contributed by atoms with Gasteiger partial charge in [-0.3, -0.25) is 4.79 Å². The van der Waals surface area contributed by atoms with Gasteiger partial charge in [0.2, 0.25) is 0 Å². The minimum Gasteiger partial charge on any atom is -0.298 e. The first-order valence-corrected chi connectivity index (χ1v) is 5.81. The van der Waals surface area contributed by atoms with Crippen molar-refractivity contribution in [1.82, 2.24) is 0 Å². The van der Waals surface area contributed by atoms with Crippen LogP contribution < -0.4 is 0 Å². The molecule has 0 aliphatic heterocycles. The highest BCUT2D eigenvalue weighted by molar-refractivity contribution is 9.09. The number of benzene rings is 1. The van der Waals surface area contributed by atoms with E-state index in [1.165, 1.54) is 0 Å². The van der Waals surface area contributed by atoms with Crippen LogP contribution in [0.3, 0.4) is 0 Å². The van der Waals surface area contributed by atoms with Crippen LogP contribution in [0.15, 0.2) is 18.2 Å². The molecule has 14 heavy (non-hydrogen) atoms. The highest BCUT2D eigenvalue weighted by Gasteiger charge is 2.12. The molecule has 1 aromatic carbocycles. The topological polar surface area (TPSA) is 17.1 Å². The summed E-state index contributed by atoms with van der Waals surface area (Å²) in [5, 5.41) is 0. The van der Waals surface area contributed by atoms with E-state index in [9.17, 15) is 4.79 Å². The van der Waals surface area contributed by atoms with Crippen molar-refractivity contribution >= 4 is 33.3 Å². The van der Waals surface area contributed by atoms with Crippen LogP contribution in [0.2, 0.25) is 0 Å². The lowest BCUT2D eigenvalue weighted by molar-refractivity contribution is -0.116. The molecule has 0 saturated heterocycles. The van der Waals surface area contributed by atoms with Gasteiger partial charge in [0.1, 0.15) is 5.78 Å². The van der Waals surface area contributed by atoms with Crippen molar-refractivity contribution in [3.63, 3.8) is 0 Å². The summed E-state index contributed by atoms with van der Waals surface area (Å²) < 4.78 is 0. The molecule has 0 heterocycles. The summed E-state index contributed by atoms with van der Waals surface area (Å²) in [6, 6.07) is 5.90. The van der Waals surface area contributed by atoms with E-state index in [4.69, 9.17) is 11.6 Å². The summed E-state index contributed by atoms with van der Waals surface area (Å²) in [4.78, 5) is 10.9. The van der Waals surface area contributed by atoms with Crippen LogP contribution in [-0.4, -0.2) is 5.78 Å². The minimum absolute atomic E-state index is 0.114. The summed E-state index contributed by atoms with van der Waals surface area (Å²) in [7, 11) is 0. The third-order valence-corrected chi connectivity index (χ3v) is 3.62. The Morgan fingerprint density at radius 3 is 2.64 bits per heavy atom. The summed E-state index contributed by atoms with van der Waals surface area (Å²) in [6.07, 6.45) is 0. The van der Waals surface area contributed by atoms with Crippen molar-refractivity contribution in [3.05, 3.63) is 34.9 Å². The van der Waals surface area contributed by atoms with Crippen LogP contribution in [-0.2, 0) is 10.7 Å². The molecule has 1 unspecified atom stereocenters. The third-order valence-electron chi connectivity index (χ3n) is 2.16. The summed E-state index contributed by atoms with van der Waals surface area (Å²) in [6.45, 7) is 3.57. The van der Waals surface area contributed by atoms with Crippen molar-refractivity contribution in [2.45, 2.75) is 24.6 Å². The quantitative estimate of drug-likeness (QED) is 0.768. The highest BCUT2D eigenvalue weighted by Crippen LogP contribution is 2.25. The Kier molecular flexibility index (Phi) is 4.14. The highest BCUT2D eigenvalue weighted by atomic mass is 79.9. The Labute approximate surface area is 97.6 Å². The van der Waals surface area contributed by atoms with E-state index in [1.54, 1.807) is 6.92 Å². The van der Waals surface area contributed by atoms with Crippen LogP contribution >= 0.6 is 27.5 Å². The van der Waals surface area contributed by atoms with E-state index >= 15 is 0 Å². The number of hydrogen-bond acceptors (Lipinski definition) is 1. The predicted molar refractivity (Wildman–Crippen MR) is 63.1 cm³/mol. The summed E-state index contributed by atoms with van der Waals surface area (Å²) in [5.74, 6) is 0.627. The molecule has 0 amide bonds. The number of carbonyl (C=O) groups is 1. The molecule has 1 aromatic rings. The van der Waals surface area contributed by atoms with Crippen LogP contribution in [0.4, 0.5) is 0 Å². The second kappa shape index (κ2) is 4.94. The van der Waals surface area contributed by atoms with Gasteiger partial charge in [-0.1, -0.05) is 34.1 Å². The minimum atomic E-state index is -0.203. The zero-order chi connectivity index (χ0) is 10.7. The van der Waals surface area contributed by atoms with E-state index in [0.717, 1.165) is 16.7 Å². The fraction of sp³-hybridized carbons (Fsp3) is 0.364. The molecule has 76 valence electrons. The number of halogens is 2. The molecule has 0 saturated carbocycles. The standard InChI is InChI=1S/C11H12BrClO/c1-7-5-9(11(12)8(2)14)3-4-10(7)6-13/h3-5,11H,6H2,1-2H3. The van der Waals surface area contributed by atoms with Gasteiger partial charge in [0.15, 0.2) is 0 Å². The monoisotopic (exact) mass is 274 g/mol. The predicted octanol–water partition coefficient (Wildman–Crippen LogP) is 3.76. The lowest BCUT2D eigenvalue weighted by atomic mass is 10.0. The second-order valence-corrected chi connectivity index (χ2v) is 4.48. The molecule has 0 bridgehead atoms. The average molecular weight is 276 g/mol. The van der Waals surface area contributed by atoms with Crippen LogP contribution in [0.25, 0.3) is 0 Å². The number of aryl methyl sites for hydroxylation is 1. The van der Waals surface area contributed by atoms with Gasteiger partial charge < -0.3 is 0 Å². The first kappa shape index (κ1) is 11.7. The van der Waals surface area contributed by atoms with E-state index in [-0.39, 0.29) is 10.6 Å². The smallest absolute Gasteiger partial charge is 0.147 e. The van der Waals surface area contributed by atoms with Crippen molar-refractivity contribution in [2.75, 3.05) is 0 Å². The average Bonchev–Trinajstić information content (AvgIpc) is 2.16. The van der Waals surface area contributed by atoms with Crippen molar-refractivity contribution < 1.29 is 4.79 Å². The summed E-state index contributed by atoms with van der Waals surface area (Å²) >= 11 is 9.10.